The molecule has 1 saturated heterocycles. The molecule has 8 heteroatoms. The molecule has 0 unspecified atom stereocenters. The largest absolute Gasteiger partial charge is 0.435 e. The maximum Gasteiger partial charge on any atom is 0.387 e. The van der Waals surface area contributed by atoms with Gasteiger partial charge in [-0.3, -0.25) is 9.58 Å². The average Bonchev–Trinajstić information content (AvgIpc) is 2.78. The van der Waals surface area contributed by atoms with Crippen molar-refractivity contribution in [1.29, 1.82) is 0 Å². The second-order valence-electron chi connectivity index (χ2n) is 5.39. The van der Waals surface area contributed by atoms with Crippen molar-refractivity contribution < 1.29 is 22.3 Å². The summed E-state index contributed by atoms with van der Waals surface area (Å²) in [6.45, 7) is -2.05. The van der Waals surface area contributed by atoms with E-state index in [1.54, 1.807) is 21.8 Å². The molecule has 0 bridgehead atoms. The number of benzene rings is 1. The number of nitrogens with zero attached hydrogens (tertiary/aromatic N) is 3. The molecule has 0 amide bonds. The quantitative estimate of drug-likeness (QED) is 0.767. The molecule has 2 heterocycles. The molecule has 1 aliphatic rings. The number of hydrogen-bond acceptors (Lipinski definition) is 3. The average molecular weight is 317 g/mol. The lowest BCUT2D eigenvalue weighted by atomic mass is 10.1. The number of halogens is 4. The van der Waals surface area contributed by atoms with Gasteiger partial charge in [-0.25, -0.2) is 8.78 Å². The second kappa shape index (κ2) is 5.75. The summed E-state index contributed by atoms with van der Waals surface area (Å²) in [4.78, 5) is 1.69. The van der Waals surface area contributed by atoms with Gasteiger partial charge in [0.1, 0.15) is 5.75 Å². The summed E-state index contributed by atoms with van der Waals surface area (Å²) in [5, 5.41) is 4.89. The molecule has 0 spiro atoms. The van der Waals surface area contributed by atoms with Crippen molar-refractivity contribution in [3.8, 4) is 5.75 Å². The molecular weight excluding hydrogens is 302 g/mol. The molecule has 2 aromatic rings. The second-order valence-corrected chi connectivity index (χ2v) is 5.39. The Bertz CT molecular complexity index is 651. The minimum absolute atomic E-state index is 0.0878. The van der Waals surface area contributed by atoms with Crippen molar-refractivity contribution in [3.05, 3.63) is 24.4 Å². The zero-order chi connectivity index (χ0) is 15.7. The molecule has 4 nitrogen and oxygen atoms in total. The van der Waals surface area contributed by atoms with Gasteiger partial charge in [0.2, 0.25) is 0 Å². The van der Waals surface area contributed by atoms with E-state index in [0.29, 0.717) is 24.9 Å². The zero-order valence-corrected chi connectivity index (χ0v) is 11.7. The fraction of sp³-hybridized carbons (Fsp3) is 0.500. The number of likely N-dealkylation sites (tertiary alicyclic amines) is 1. The Morgan fingerprint density at radius 1 is 1.23 bits per heavy atom. The Morgan fingerprint density at radius 3 is 2.68 bits per heavy atom. The van der Waals surface area contributed by atoms with Gasteiger partial charge in [0.05, 0.1) is 24.8 Å². The van der Waals surface area contributed by atoms with Crippen LogP contribution >= 0.6 is 0 Å². The summed E-state index contributed by atoms with van der Waals surface area (Å²) in [5.74, 6) is -2.45. The molecule has 1 aromatic heterocycles. The molecule has 0 atom stereocenters. The van der Waals surface area contributed by atoms with Gasteiger partial charge in [0, 0.05) is 18.5 Å². The monoisotopic (exact) mass is 317 g/mol. The Labute approximate surface area is 124 Å². The van der Waals surface area contributed by atoms with E-state index in [1.165, 1.54) is 12.1 Å². The van der Waals surface area contributed by atoms with Crippen LogP contribution in [0.15, 0.2) is 24.4 Å². The molecule has 22 heavy (non-hydrogen) atoms. The van der Waals surface area contributed by atoms with E-state index < -0.39 is 12.5 Å². The fourth-order valence-electron chi connectivity index (χ4n) is 2.63. The Hall–Kier alpha value is -1.83. The van der Waals surface area contributed by atoms with Crippen LogP contribution < -0.4 is 4.74 Å². The normalized spacial score (nSPS) is 17.9. The third-order valence-electron chi connectivity index (χ3n) is 3.59. The summed E-state index contributed by atoms with van der Waals surface area (Å²) in [6, 6.07) is 4.63. The zero-order valence-electron chi connectivity index (χ0n) is 11.7. The maximum absolute atomic E-state index is 12.7. The van der Waals surface area contributed by atoms with Gasteiger partial charge in [0.25, 0.3) is 5.92 Å². The van der Waals surface area contributed by atoms with Crippen LogP contribution in [0.25, 0.3) is 10.9 Å². The lowest BCUT2D eigenvalue weighted by Gasteiger charge is -2.38. The maximum atomic E-state index is 12.7. The number of ether oxygens (including phenoxy) is 1. The summed E-state index contributed by atoms with van der Waals surface area (Å²) >= 11 is 0. The van der Waals surface area contributed by atoms with Crippen LogP contribution in [0.5, 0.6) is 5.75 Å². The van der Waals surface area contributed by atoms with E-state index in [9.17, 15) is 17.6 Å². The highest BCUT2D eigenvalue weighted by molar-refractivity contribution is 5.80. The lowest BCUT2D eigenvalue weighted by molar-refractivity contribution is -0.130. The van der Waals surface area contributed by atoms with Crippen molar-refractivity contribution in [2.75, 3.05) is 19.6 Å². The molecule has 1 fully saturated rings. The Kier molecular flexibility index (Phi) is 3.94. The van der Waals surface area contributed by atoms with Crippen LogP contribution in [-0.2, 0) is 6.54 Å². The minimum Gasteiger partial charge on any atom is -0.435 e. The highest BCUT2D eigenvalue weighted by atomic mass is 19.3. The fourth-order valence-corrected chi connectivity index (χ4v) is 2.63. The van der Waals surface area contributed by atoms with Gasteiger partial charge >= 0.3 is 6.61 Å². The highest BCUT2D eigenvalue weighted by Gasteiger charge is 2.43. The predicted octanol–water partition coefficient (Wildman–Crippen LogP) is 2.98. The van der Waals surface area contributed by atoms with Crippen molar-refractivity contribution in [1.82, 2.24) is 14.7 Å². The van der Waals surface area contributed by atoms with E-state index >= 15 is 0 Å². The van der Waals surface area contributed by atoms with Gasteiger partial charge in [-0.2, -0.15) is 13.9 Å². The van der Waals surface area contributed by atoms with Crippen molar-refractivity contribution >= 4 is 10.9 Å². The summed E-state index contributed by atoms with van der Waals surface area (Å²) in [5.41, 5.74) is 0.801. The van der Waals surface area contributed by atoms with E-state index in [2.05, 4.69) is 9.84 Å². The standard InChI is InChI=1S/C14H15F4N3O/c15-13(16)22-11-2-3-12-10(6-11)7-19-21(12)5-1-4-20-8-14(17,18)9-20/h2-3,6-7,13H,1,4-5,8-9H2. The van der Waals surface area contributed by atoms with Crippen LogP contribution in [0, 0.1) is 0 Å². The van der Waals surface area contributed by atoms with Crippen molar-refractivity contribution in [3.63, 3.8) is 0 Å². The van der Waals surface area contributed by atoms with Gasteiger partial charge in [-0.1, -0.05) is 0 Å². The first-order valence-electron chi connectivity index (χ1n) is 6.93. The Morgan fingerprint density at radius 2 is 2.00 bits per heavy atom. The molecule has 0 radical (unpaired) electrons. The molecule has 1 aromatic carbocycles. The summed E-state index contributed by atoms with van der Waals surface area (Å²) in [6.07, 6.45) is 2.27. The third-order valence-corrected chi connectivity index (χ3v) is 3.59. The van der Waals surface area contributed by atoms with E-state index in [-0.39, 0.29) is 18.8 Å². The first kappa shape index (κ1) is 15.1. The molecule has 120 valence electrons. The number of aryl methyl sites for hydroxylation is 1. The predicted molar refractivity (Wildman–Crippen MR) is 72.4 cm³/mol. The minimum atomic E-state index is -2.86. The molecule has 0 N–H and O–H groups in total. The Balaban J connectivity index is 1.58. The number of alkyl halides is 4. The van der Waals surface area contributed by atoms with Crippen molar-refractivity contribution in [2.45, 2.75) is 25.5 Å². The van der Waals surface area contributed by atoms with Gasteiger partial charge < -0.3 is 4.74 Å². The van der Waals surface area contributed by atoms with Crippen LogP contribution in [-0.4, -0.2) is 46.8 Å². The first-order valence-corrected chi connectivity index (χ1v) is 6.93. The number of rotatable bonds is 6. The number of hydrogen-bond donors (Lipinski definition) is 0. The van der Waals surface area contributed by atoms with E-state index in [4.69, 9.17) is 0 Å². The number of fused-ring (bicyclic) bond motifs is 1. The highest BCUT2D eigenvalue weighted by Crippen LogP contribution is 2.26. The molecular formula is C14H15F4N3O. The van der Waals surface area contributed by atoms with Crippen molar-refractivity contribution in [2.24, 2.45) is 0 Å². The van der Waals surface area contributed by atoms with Crippen LogP contribution in [0.4, 0.5) is 17.6 Å². The SMILES string of the molecule is FC(F)Oc1ccc2c(cnn2CCCN2CC(F)(F)C2)c1. The van der Waals surface area contributed by atoms with Gasteiger partial charge in [-0.15, -0.1) is 0 Å². The molecule has 1 aliphatic heterocycles. The number of aromatic nitrogens is 2. The van der Waals surface area contributed by atoms with E-state index in [1.807, 2.05) is 0 Å². The topological polar surface area (TPSA) is 30.3 Å². The first-order chi connectivity index (χ1) is 10.4. The molecule has 3 rings (SSSR count). The van der Waals surface area contributed by atoms with Crippen LogP contribution in [0.2, 0.25) is 0 Å². The molecule has 0 aliphatic carbocycles. The molecule has 0 saturated carbocycles. The lowest BCUT2D eigenvalue weighted by Crippen LogP contribution is -2.56. The van der Waals surface area contributed by atoms with Gasteiger partial charge in [0.15, 0.2) is 0 Å². The van der Waals surface area contributed by atoms with Crippen LogP contribution in [0.1, 0.15) is 6.42 Å². The van der Waals surface area contributed by atoms with E-state index in [0.717, 1.165) is 5.52 Å². The third kappa shape index (κ3) is 3.32. The summed E-state index contributed by atoms with van der Waals surface area (Å²) < 4.78 is 55.8. The van der Waals surface area contributed by atoms with Crippen LogP contribution in [0.3, 0.4) is 0 Å². The summed E-state index contributed by atoms with van der Waals surface area (Å²) in [7, 11) is 0. The smallest absolute Gasteiger partial charge is 0.387 e. The van der Waals surface area contributed by atoms with Gasteiger partial charge in [-0.05, 0) is 24.6 Å².